The number of fused-ring (bicyclic) bond motifs is 3. The average Bonchev–Trinajstić information content (AvgIpc) is 3.19. The number of rotatable bonds is 9. The summed E-state index contributed by atoms with van der Waals surface area (Å²) in [6, 6.07) is 15.5. The fourth-order valence-electron chi connectivity index (χ4n) is 5.07. The number of likely N-dealkylation sites (tertiary alicyclic amines) is 1. The Morgan fingerprint density at radius 1 is 1.06 bits per heavy atom. The van der Waals surface area contributed by atoms with Gasteiger partial charge in [-0.2, -0.15) is 0 Å². The Morgan fingerprint density at radius 3 is 2.34 bits per heavy atom. The van der Waals surface area contributed by atoms with Crippen LogP contribution < -0.4 is 5.32 Å². The van der Waals surface area contributed by atoms with Crippen LogP contribution in [0.1, 0.15) is 49.7 Å². The van der Waals surface area contributed by atoms with Crippen molar-refractivity contribution < 1.29 is 29.0 Å². The molecule has 2 atom stereocenters. The molecule has 1 saturated heterocycles. The van der Waals surface area contributed by atoms with Crippen LogP contribution in [0.4, 0.5) is 4.79 Å². The Balaban J connectivity index is 1.31. The van der Waals surface area contributed by atoms with E-state index < -0.39 is 24.2 Å². The fraction of sp³-hybridized carbons (Fsp3) is 0.444. The van der Waals surface area contributed by atoms with Gasteiger partial charge in [-0.25, -0.2) is 9.59 Å². The van der Waals surface area contributed by atoms with E-state index in [0.717, 1.165) is 35.1 Å². The van der Waals surface area contributed by atoms with E-state index >= 15 is 0 Å². The van der Waals surface area contributed by atoms with Crippen LogP contribution in [0.5, 0.6) is 0 Å². The molecule has 4 rings (SSSR count). The van der Waals surface area contributed by atoms with E-state index in [1.165, 1.54) is 4.90 Å². The third-order valence-corrected chi connectivity index (χ3v) is 6.73. The number of carbonyl (C=O) groups is 3. The van der Waals surface area contributed by atoms with Crippen LogP contribution >= 0.6 is 0 Å². The Morgan fingerprint density at radius 2 is 1.71 bits per heavy atom. The molecule has 1 fully saturated rings. The molecule has 0 saturated carbocycles. The fourth-order valence-corrected chi connectivity index (χ4v) is 5.07. The minimum atomic E-state index is -0.984. The van der Waals surface area contributed by atoms with Gasteiger partial charge in [0, 0.05) is 25.6 Å². The summed E-state index contributed by atoms with van der Waals surface area (Å²) in [4.78, 5) is 38.3. The van der Waals surface area contributed by atoms with Crippen molar-refractivity contribution in [1.29, 1.82) is 0 Å². The number of nitrogens with zero attached hydrogens (tertiary/aromatic N) is 1. The highest BCUT2D eigenvalue weighted by atomic mass is 16.5. The van der Waals surface area contributed by atoms with Crippen LogP contribution in [-0.2, 0) is 19.1 Å². The summed E-state index contributed by atoms with van der Waals surface area (Å²) in [6.07, 6.45) is 0.889. The lowest BCUT2D eigenvalue weighted by Crippen LogP contribution is -2.49. The molecule has 2 aromatic carbocycles. The van der Waals surface area contributed by atoms with Gasteiger partial charge in [-0.3, -0.25) is 4.79 Å². The highest BCUT2D eigenvalue weighted by molar-refractivity contribution is 5.84. The summed E-state index contributed by atoms with van der Waals surface area (Å²) >= 11 is 0. The minimum absolute atomic E-state index is 0.00127. The first-order chi connectivity index (χ1) is 17.0. The summed E-state index contributed by atoms with van der Waals surface area (Å²) in [5.41, 5.74) is 4.58. The number of hydrogen-bond acceptors (Lipinski definition) is 5. The molecule has 2 N–H and O–H groups in total. The van der Waals surface area contributed by atoms with E-state index in [-0.39, 0.29) is 31.4 Å². The number of piperidine rings is 1. The predicted octanol–water partition coefficient (Wildman–Crippen LogP) is 3.79. The predicted molar refractivity (Wildman–Crippen MR) is 130 cm³/mol. The molecule has 1 aliphatic carbocycles. The van der Waals surface area contributed by atoms with E-state index in [4.69, 9.17) is 9.47 Å². The molecule has 1 heterocycles. The molecule has 2 unspecified atom stereocenters. The van der Waals surface area contributed by atoms with Gasteiger partial charge >= 0.3 is 12.1 Å². The number of carbonyl (C=O) groups excluding carboxylic acids is 2. The van der Waals surface area contributed by atoms with Crippen molar-refractivity contribution in [2.75, 3.05) is 26.3 Å². The maximum absolute atomic E-state index is 12.8. The first kappa shape index (κ1) is 24.7. The normalized spacial score (nSPS) is 17.9. The van der Waals surface area contributed by atoms with Gasteiger partial charge in [0.25, 0.3) is 0 Å². The second-order valence-corrected chi connectivity index (χ2v) is 8.92. The molecular formula is C27H32N2O6. The number of alkyl carbamates (subject to hydrolysis) is 1. The number of ether oxygens (including phenoxy) is 2. The lowest BCUT2D eigenvalue weighted by atomic mass is 9.98. The molecule has 2 aromatic rings. The highest BCUT2D eigenvalue weighted by Gasteiger charge is 2.33. The largest absolute Gasteiger partial charge is 0.480 e. The summed E-state index contributed by atoms with van der Waals surface area (Å²) in [5.74, 6) is -1.29. The Hall–Kier alpha value is -3.39. The molecule has 2 aliphatic rings. The van der Waals surface area contributed by atoms with E-state index in [0.29, 0.717) is 19.6 Å². The number of carboxylic acids is 1. The first-order valence-corrected chi connectivity index (χ1v) is 12.2. The first-order valence-electron chi connectivity index (χ1n) is 12.2. The van der Waals surface area contributed by atoms with Gasteiger partial charge in [0.2, 0.25) is 5.91 Å². The number of amides is 2. The number of benzene rings is 2. The zero-order chi connectivity index (χ0) is 24.8. The Labute approximate surface area is 205 Å². The smallest absolute Gasteiger partial charge is 0.407 e. The van der Waals surface area contributed by atoms with Gasteiger partial charge in [-0.05, 0) is 48.4 Å². The zero-order valence-corrected chi connectivity index (χ0v) is 19.9. The Kier molecular flexibility index (Phi) is 8.02. The maximum atomic E-state index is 12.8. The number of hydrogen-bond donors (Lipinski definition) is 2. The van der Waals surface area contributed by atoms with Crippen molar-refractivity contribution in [1.82, 2.24) is 10.2 Å². The number of carboxylic acid groups (broad SMARTS) is 1. The van der Waals surface area contributed by atoms with E-state index in [1.807, 2.05) is 31.2 Å². The molecule has 0 aromatic heterocycles. The van der Waals surface area contributed by atoms with Gasteiger partial charge < -0.3 is 24.8 Å². The van der Waals surface area contributed by atoms with E-state index in [1.54, 1.807) is 0 Å². The monoisotopic (exact) mass is 480 g/mol. The molecule has 0 spiro atoms. The van der Waals surface area contributed by atoms with Gasteiger partial charge in [0.15, 0.2) is 0 Å². The SMILES string of the molecule is CCOC(CNC(=O)OCC1c2ccccc2-c2ccccc21)CC(=O)N1CCCCC1C(=O)O. The third kappa shape index (κ3) is 5.65. The molecular weight excluding hydrogens is 448 g/mol. The molecule has 8 heteroatoms. The van der Waals surface area contributed by atoms with Crippen molar-refractivity contribution in [3.8, 4) is 11.1 Å². The summed E-state index contributed by atoms with van der Waals surface area (Å²) < 4.78 is 11.2. The molecule has 0 radical (unpaired) electrons. The van der Waals surface area contributed by atoms with Crippen LogP contribution in [-0.4, -0.2) is 66.4 Å². The summed E-state index contributed by atoms with van der Waals surface area (Å²) in [6.45, 7) is 2.90. The number of nitrogens with one attached hydrogen (secondary N) is 1. The number of aliphatic carboxylic acids is 1. The van der Waals surface area contributed by atoms with Crippen LogP contribution in [0.25, 0.3) is 11.1 Å². The van der Waals surface area contributed by atoms with Gasteiger partial charge in [0.05, 0.1) is 12.5 Å². The van der Waals surface area contributed by atoms with Crippen LogP contribution in [0.15, 0.2) is 48.5 Å². The van der Waals surface area contributed by atoms with Gasteiger partial charge in [-0.1, -0.05) is 48.5 Å². The minimum Gasteiger partial charge on any atom is -0.480 e. The quantitative estimate of drug-likeness (QED) is 0.566. The van der Waals surface area contributed by atoms with Gasteiger partial charge in [0.1, 0.15) is 12.6 Å². The van der Waals surface area contributed by atoms with Crippen molar-refractivity contribution in [3.63, 3.8) is 0 Å². The van der Waals surface area contributed by atoms with Crippen molar-refractivity contribution in [3.05, 3.63) is 59.7 Å². The molecule has 186 valence electrons. The highest BCUT2D eigenvalue weighted by Crippen LogP contribution is 2.44. The molecule has 1 aliphatic heterocycles. The third-order valence-electron chi connectivity index (χ3n) is 6.73. The molecule has 8 nitrogen and oxygen atoms in total. The average molecular weight is 481 g/mol. The van der Waals surface area contributed by atoms with E-state index in [9.17, 15) is 19.5 Å². The van der Waals surface area contributed by atoms with Gasteiger partial charge in [-0.15, -0.1) is 0 Å². The molecule has 0 bridgehead atoms. The van der Waals surface area contributed by atoms with Crippen molar-refractivity contribution in [2.24, 2.45) is 0 Å². The topological polar surface area (TPSA) is 105 Å². The molecule has 35 heavy (non-hydrogen) atoms. The maximum Gasteiger partial charge on any atom is 0.407 e. The summed E-state index contributed by atoms with van der Waals surface area (Å²) in [5, 5.41) is 12.2. The Bertz CT molecular complexity index is 1030. The van der Waals surface area contributed by atoms with Crippen molar-refractivity contribution >= 4 is 18.0 Å². The van der Waals surface area contributed by atoms with Crippen LogP contribution in [0.3, 0.4) is 0 Å². The van der Waals surface area contributed by atoms with E-state index in [2.05, 4.69) is 29.6 Å². The standard InChI is InChI=1S/C27H32N2O6/c1-2-34-18(15-25(30)29-14-8-7-13-24(29)26(31)32)16-28-27(33)35-17-23-21-11-5-3-9-19(21)20-10-4-6-12-22(20)23/h3-6,9-12,18,23-24H,2,7-8,13-17H2,1H3,(H,28,33)(H,31,32). The second-order valence-electron chi connectivity index (χ2n) is 8.92. The second kappa shape index (κ2) is 11.4. The summed E-state index contributed by atoms with van der Waals surface area (Å²) in [7, 11) is 0. The van der Waals surface area contributed by atoms with Crippen molar-refractivity contribution in [2.45, 2.75) is 50.7 Å². The van der Waals surface area contributed by atoms with Crippen LogP contribution in [0.2, 0.25) is 0 Å². The lowest BCUT2D eigenvalue weighted by molar-refractivity contribution is -0.153. The zero-order valence-electron chi connectivity index (χ0n) is 19.9. The van der Waals surface area contributed by atoms with Crippen LogP contribution in [0, 0.1) is 0 Å². The molecule has 2 amide bonds. The lowest BCUT2D eigenvalue weighted by Gasteiger charge is -2.34.